The number of ether oxygens (including phenoxy) is 1. The van der Waals surface area contributed by atoms with Crippen LogP contribution in [0.25, 0.3) is 22.9 Å². The van der Waals surface area contributed by atoms with E-state index in [9.17, 15) is 17.2 Å². The highest BCUT2D eigenvalue weighted by molar-refractivity contribution is 7.90. The number of halogens is 2. The van der Waals surface area contributed by atoms with E-state index in [-0.39, 0.29) is 23.3 Å². The van der Waals surface area contributed by atoms with Crippen LogP contribution in [0, 0.1) is 11.6 Å². The molecular weight excluding hydrogens is 514 g/mol. The first-order chi connectivity index (χ1) is 18.1. The maximum absolute atomic E-state index is 14.5. The van der Waals surface area contributed by atoms with Crippen LogP contribution in [-0.4, -0.2) is 76.6 Å². The zero-order chi connectivity index (χ0) is 27.0. The number of hydrogen-bond acceptors (Lipinski definition) is 7. The summed E-state index contributed by atoms with van der Waals surface area (Å²) in [5.74, 6) is -0.178. The second-order valence-corrected chi connectivity index (χ2v) is 11.9. The minimum absolute atomic E-state index is 0.0634. The third kappa shape index (κ3) is 5.46. The summed E-state index contributed by atoms with van der Waals surface area (Å²) in [6.45, 7) is 3.72. The zero-order valence-corrected chi connectivity index (χ0v) is 22.1. The van der Waals surface area contributed by atoms with Gasteiger partial charge in [-0.2, -0.15) is 19.9 Å². The topological polar surface area (TPSA) is 95.1 Å². The zero-order valence-electron chi connectivity index (χ0n) is 21.3. The average Bonchev–Trinajstić information content (AvgIpc) is 3.46. The first-order valence-corrected chi connectivity index (χ1v) is 14.2. The van der Waals surface area contributed by atoms with E-state index in [0.717, 1.165) is 34.5 Å². The number of fused-ring (bicyclic) bond motifs is 3. The van der Waals surface area contributed by atoms with Crippen LogP contribution in [0.1, 0.15) is 24.0 Å². The highest BCUT2D eigenvalue weighted by Gasteiger charge is 2.23. The molecule has 0 aliphatic carbocycles. The molecule has 1 unspecified atom stereocenters. The van der Waals surface area contributed by atoms with Crippen molar-refractivity contribution in [2.24, 2.45) is 0 Å². The van der Waals surface area contributed by atoms with Gasteiger partial charge >= 0.3 is 0 Å². The summed E-state index contributed by atoms with van der Waals surface area (Å²) in [4.78, 5) is 6.27. The molecule has 0 spiro atoms. The van der Waals surface area contributed by atoms with Gasteiger partial charge in [0.2, 0.25) is 0 Å². The van der Waals surface area contributed by atoms with Crippen molar-refractivity contribution >= 4 is 9.84 Å². The smallest absolute Gasteiger partial charge is 0.253 e. The Balaban J connectivity index is 1.42. The van der Waals surface area contributed by atoms with Crippen LogP contribution >= 0.6 is 0 Å². The Kier molecular flexibility index (Phi) is 7.01. The van der Waals surface area contributed by atoms with Crippen molar-refractivity contribution in [3.05, 3.63) is 71.7 Å². The third-order valence-electron chi connectivity index (χ3n) is 6.55. The lowest BCUT2D eigenvalue weighted by Crippen LogP contribution is -2.28. The fraction of sp³-hybridized carbons (Fsp3) is 0.346. The van der Waals surface area contributed by atoms with Crippen LogP contribution < -0.4 is 4.74 Å². The number of benzene rings is 2. The van der Waals surface area contributed by atoms with E-state index in [1.807, 2.05) is 36.3 Å². The van der Waals surface area contributed by atoms with E-state index in [2.05, 4.69) is 17.0 Å². The van der Waals surface area contributed by atoms with Gasteiger partial charge < -0.3 is 9.64 Å². The summed E-state index contributed by atoms with van der Waals surface area (Å²) in [6.07, 6.45) is 4.97. The fourth-order valence-corrected chi connectivity index (χ4v) is 5.20. The molecule has 1 atom stereocenters. The predicted octanol–water partition coefficient (Wildman–Crippen LogP) is 3.41. The van der Waals surface area contributed by atoms with Gasteiger partial charge in [-0.25, -0.2) is 21.9 Å². The number of aromatic nitrogens is 5. The number of rotatable bonds is 8. The molecule has 5 rings (SSSR count). The van der Waals surface area contributed by atoms with E-state index >= 15 is 0 Å². The van der Waals surface area contributed by atoms with E-state index in [4.69, 9.17) is 9.84 Å². The van der Waals surface area contributed by atoms with Gasteiger partial charge in [-0.3, -0.25) is 0 Å². The summed E-state index contributed by atoms with van der Waals surface area (Å²) in [5.41, 5.74) is 3.64. The molecule has 1 aliphatic heterocycles. The molecule has 1 aliphatic rings. The molecule has 12 heteroatoms. The third-order valence-corrected chi connectivity index (χ3v) is 7.47. The molecule has 0 saturated carbocycles. The standard InChI is InChI=1S/C26H28F2N6O3S/c1-17(14-32(2)9-11-38(3,35)36)18-4-6-21-24(12-18)37-10-8-19-15-33(31-25(19)21)26-29-16-30-34(26)23-7-5-20(27)13-22(23)28/h4-7,12-13,15-17H,8-11,14H2,1-3H3. The predicted molar refractivity (Wildman–Crippen MR) is 139 cm³/mol. The van der Waals surface area contributed by atoms with Gasteiger partial charge in [-0.05, 0) is 42.8 Å². The van der Waals surface area contributed by atoms with Gasteiger partial charge in [-0.1, -0.05) is 13.0 Å². The monoisotopic (exact) mass is 542 g/mol. The number of hydrogen-bond donors (Lipinski definition) is 0. The maximum Gasteiger partial charge on any atom is 0.253 e. The Morgan fingerprint density at radius 3 is 2.76 bits per heavy atom. The van der Waals surface area contributed by atoms with Gasteiger partial charge in [0.15, 0.2) is 5.82 Å². The van der Waals surface area contributed by atoms with Crippen molar-refractivity contribution in [1.82, 2.24) is 29.4 Å². The molecule has 3 heterocycles. The molecule has 0 N–H and O–H groups in total. The molecule has 0 saturated heterocycles. The minimum Gasteiger partial charge on any atom is -0.493 e. The molecule has 0 amide bonds. The molecule has 0 fully saturated rings. The van der Waals surface area contributed by atoms with Crippen LogP contribution in [0.4, 0.5) is 8.78 Å². The molecule has 0 radical (unpaired) electrons. The number of likely N-dealkylation sites (N-methyl/N-ethyl adjacent to an activating group) is 1. The van der Waals surface area contributed by atoms with Crippen LogP contribution in [-0.2, 0) is 16.3 Å². The second kappa shape index (κ2) is 10.3. The van der Waals surface area contributed by atoms with Gasteiger partial charge in [0.25, 0.3) is 5.95 Å². The van der Waals surface area contributed by atoms with Crippen LogP contribution in [0.2, 0.25) is 0 Å². The average molecular weight is 543 g/mol. The molecule has 200 valence electrons. The molecule has 0 bridgehead atoms. The summed E-state index contributed by atoms with van der Waals surface area (Å²) in [6, 6.07) is 9.29. The Morgan fingerprint density at radius 1 is 1.18 bits per heavy atom. The normalized spacial score (nSPS) is 14.1. The molecule has 38 heavy (non-hydrogen) atoms. The van der Waals surface area contributed by atoms with Gasteiger partial charge in [-0.15, -0.1) is 0 Å². The van der Waals surface area contributed by atoms with Crippen molar-refractivity contribution < 1.29 is 21.9 Å². The maximum atomic E-state index is 14.5. The Labute approximate surface area is 219 Å². The Hall–Kier alpha value is -3.64. The molecule has 4 aromatic rings. The summed E-state index contributed by atoms with van der Waals surface area (Å²) in [7, 11) is -1.10. The fourth-order valence-electron chi connectivity index (χ4n) is 4.55. The van der Waals surface area contributed by atoms with E-state index < -0.39 is 21.5 Å². The number of nitrogens with zero attached hydrogens (tertiary/aromatic N) is 6. The first kappa shape index (κ1) is 26.0. The van der Waals surface area contributed by atoms with Crippen LogP contribution in [0.5, 0.6) is 5.75 Å². The lowest BCUT2D eigenvalue weighted by atomic mass is 9.97. The molecular formula is C26H28F2N6O3S. The molecule has 2 aromatic carbocycles. The second-order valence-electron chi connectivity index (χ2n) is 9.66. The summed E-state index contributed by atoms with van der Waals surface area (Å²) >= 11 is 0. The highest BCUT2D eigenvalue weighted by atomic mass is 32.2. The van der Waals surface area contributed by atoms with Crippen LogP contribution in [0.15, 0.2) is 48.9 Å². The van der Waals surface area contributed by atoms with Crippen molar-refractivity contribution in [3.63, 3.8) is 0 Å². The van der Waals surface area contributed by atoms with Gasteiger partial charge in [0.1, 0.15) is 33.4 Å². The summed E-state index contributed by atoms with van der Waals surface area (Å²) in [5, 5.41) is 8.87. The lowest BCUT2D eigenvalue weighted by Gasteiger charge is -2.22. The minimum atomic E-state index is -3.02. The molecule has 2 aromatic heterocycles. The van der Waals surface area contributed by atoms with E-state index in [1.165, 1.54) is 23.3 Å². The van der Waals surface area contributed by atoms with E-state index in [1.54, 1.807) is 4.68 Å². The Morgan fingerprint density at radius 2 is 2.00 bits per heavy atom. The van der Waals surface area contributed by atoms with Gasteiger partial charge in [0.05, 0.1) is 18.1 Å². The quantitative estimate of drug-likeness (QED) is 0.337. The highest BCUT2D eigenvalue weighted by Crippen LogP contribution is 2.37. The van der Waals surface area contributed by atoms with Crippen LogP contribution in [0.3, 0.4) is 0 Å². The van der Waals surface area contributed by atoms with Crippen molar-refractivity contribution in [2.75, 3.05) is 38.8 Å². The van der Waals surface area contributed by atoms with Crippen molar-refractivity contribution in [3.8, 4) is 28.6 Å². The molecule has 9 nitrogen and oxygen atoms in total. The van der Waals surface area contributed by atoms with Crippen molar-refractivity contribution in [1.29, 1.82) is 0 Å². The van der Waals surface area contributed by atoms with Crippen molar-refractivity contribution in [2.45, 2.75) is 19.3 Å². The lowest BCUT2D eigenvalue weighted by molar-refractivity contribution is 0.322. The SMILES string of the molecule is CC(CN(C)CCS(C)(=O)=O)c1ccc2c(c1)OCCc1cn(-c3ncnn3-c3ccc(F)cc3F)nc1-2. The first-order valence-electron chi connectivity index (χ1n) is 12.2. The largest absolute Gasteiger partial charge is 0.493 e. The van der Waals surface area contributed by atoms with E-state index in [0.29, 0.717) is 31.9 Å². The summed E-state index contributed by atoms with van der Waals surface area (Å²) < 4.78 is 59.8. The number of sulfone groups is 1. The Bertz CT molecular complexity index is 1580. The van der Waals surface area contributed by atoms with Gasteiger partial charge in [0, 0.05) is 49.2 Å².